The van der Waals surface area contributed by atoms with Gasteiger partial charge in [-0.25, -0.2) is 4.68 Å². The Morgan fingerprint density at radius 2 is 2.08 bits per heavy atom. The van der Waals surface area contributed by atoms with Crippen LogP contribution in [0.25, 0.3) is 0 Å². The molecule has 2 aromatic heterocycles. The molecule has 0 fully saturated rings. The molecule has 1 aromatic carbocycles. The Labute approximate surface area is 150 Å². The van der Waals surface area contributed by atoms with Crippen LogP contribution in [-0.2, 0) is 12.3 Å². The van der Waals surface area contributed by atoms with Crippen molar-refractivity contribution in [3.05, 3.63) is 58.0 Å². The molecule has 0 spiro atoms. The van der Waals surface area contributed by atoms with Gasteiger partial charge >= 0.3 is 0 Å². The number of hydrogen-bond donors (Lipinski definition) is 0. The summed E-state index contributed by atoms with van der Waals surface area (Å²) in [6, 6.07) is 5.81. The van der Waals surface area contributed by atoms with Crippen LogP contribution in [0.1, 0.15) is 45.3 Å². The molecule has 0 saturated heterocycles. The molecular formula is C18H20N4O2S. The average Bonchev–Trinajstić information content (AvgIpc) is 3.19. The standard InChI is InChI=1S/C18H20N4O2S/c1-11-8-12(2)17(14(4)23)13(3)16(11)10-25-18-19-20-21-22(18)9-15-6-5-7-24-15/h5-8H,9-10H2,1-4H3. The summed E-state index contributed by atoms with van der Waals surface area (Å²) in [7, 11) is 0. The Kier molecular flexibility index (Phi) is 5.03. The van der Waals surface area contributed by atoms with Crippen molar-refractivity contribution < 1.29 is 9.21 Å². The fourth-order valence-electron chi connectivity index (χ4n) is 3.08. The van der Waals surface area contributed by atoms with Gasteiger partial charge in [0.05, 0.1) is 6.26 Å². The molecule has 3 rings (SSSR count). The normalized spacial score (nSPS) is 11.0. The van der Waals surface area contributed by atoms with Gasteiger partial charge in [0.2, 0.25) is 5.16 Å². The first-order chi connectivity index (χ1) is 12.0. The number of aryl methyl sites for hydroxylation is 2. The van der Waals surface area contributed by atoms with Crippen LogP contribution in [-0.4, -0.2) is 26.0 Å². The average molecular weight is 356 g/mol. The Morgan fingerprint density at radius 1 is 1.28 bits per heavy atom. The van der Waals surface area contributed by atoms with Crippen LogP contribution in [0.5, 0.6) is 0 Å². The molecule has 0 N–H and O–H groups in total. The van der Waals surface area contributed by atoms with E-state index in [0.717, 1.165) is 33.2 Å². The summed E-state index contributed by atoms with van der Waals surface area (Å²) in [5.74, 6) is 1.61. The number of carbonyl (C=O) groups is 1. The van der Waals surface area contributed by atoms with Gasteiger partial charge in [-0.2, -0.15) is 0 Å². The van der Waals surface area contributed by atoms with Crippen LogP contribution in [0.4, 0.5) is 0 Å². The minimum absolute atomic E-state index is 0.101. The van der Waals surface area contributed by atoms with Crippen molar-refractivity contribution in [3.8, 4) is 0 Å². The number of carbonyl (C=O) groups excluding carboxylic acids is 1. The summed E-state index contributed by atoms with van der Waals surface area (Å²) in [6.07, 6.45) is 1.63. The third kappa shape index (κ3) is 3.66. The number of Topliss-reactive ketones (excluding diaryl/α,β-unsaturated/α-hetero) is 1. The van der Waals surface area contributed by atoms with Gasteiger partial charge in [-0.3, -0.25) is 4.79 Å². The Hall–Kier alpha value is -2.41. The lowest BCUT2D eigenvalue weighted by atomic mass is 9.92. The van der Waals surface area contributed by atoms with Crippen LogP contribution in [0.15, 0.2) is 34.0 Å². The molecule has 0 radical (unpaired) electrons. The molecule has 3 aromatic rings. The van der Waals surface area contributed by atoms with E-state index in [1.165, 1.54) is 5.56 Å². The van der Waals surface area contributed by atoms with E-state index in [9.17, 15) is 4.79 Å². The lowest BCUT2D eigenvalue weighted by Crippen LogP contribution is -2.06. The monoisotopic (exact) mass is 356 g/mol. The summed E-state index contributed by atoms with van der Waals surface area (Å²) in [4.78, 5) is 12.0. The summed E-state index contributed by atoms with van der Waals surface area (Å²) in [6.45, 7) is 8.18. The Bertz CT molecular complexity index is 900. The molecule has 0 saturated carbocycles. The minimum atomic E-state index is 0.101. The van der Waals surface area contributed by atoms with Crippen LogP contribution >= 0.6 is 11.8 Å². The van der Waals surface area contributed by atoms with Gasteiger partial charge in [-0.05, 0) is 72.5 Å². The van der Waals surface area contributed by atoms with E-state index in [0.29, 0.717) is 12.3 Å². The molecule has 0 aliphatic rings. The van der Waals surface area contributed by atoms with E-state index in [-0.39, 0.29) is 5.78 Å². The highest BCUT2D eigenvalue weighted by molar-refractivity contribution is 7.98. The summed E-state index contributed by atoms with van der Waals surface area (Å²) in [5.41, 5.74) is 5.23. The third-order valence-corrected chi connectivity index (χ3v) is 5.20. The van der Waals surface area contributed by atoms with E-state index >= 15 is 0 Å². The molecule has 25 heavy (non-hydrogen) atoms. The SMILES string of the molecule is CC(=O)c1c(C)cc(C)c(CSc2nnnn2Cc2ccco2)c1C. The molecule has 0 unspecified atom stereocenters. The highest BCUT2D eigenvalue weighted by atomic mass is 32.2. The van der Waals surface area contributed by atoms with Crippen molar-refractivity contribution in [1.82, 2.24) is 20.2 Å². The number of aromatic nitrogens is 4. The van der Waals surface area contributed by atoms with Crippen LogP contribution < -0.4 is 0 Å². The number of furan rings is 1. The maximum Gasteiger partial charge on any atom is 0.210 e. The molecule has 130 valence electrons. The van der Waals surface area contributed by atoms with E-state index in [2.05, 4.69) is 28.5 Å². The first-order valence-electron chi connectivity index (χ1n) is 7.99. The van der Waals surface area contributed by atoms with Crippen molar-refractivity contribution in [2.24, 2.45) is 0 Å². The molecule has 0 amide bonds. The molecule has 0 bridgehead atoms. The van der Waals surface area contributed by atoms with Crippen molar-refractivity contribution in [1.29, 1.82) is 0 Å². The van der Waals surface area contributed by atoms with E-state index in [1.54, 1.807) is 29.6 Å². The largest absolute Gasteiger partial charge is 0.467 e. The van der Waals surface area contributed by atoms with Crippen LogP contribution in [0.3, 0.4) is 0 Å². The molecule has 6 nitrogen and oxygen atoms in total. The zero-order chi connectivity index (χ0) is 18.0. The molecule has 7 heteroatoms. The second kappa shape index (κ2) is 7.23. The lowest BCUT2D eigenvalue weighted by molar-refractivity contribution is 0.101. The predicted octanol–water partition coefficient (Wildman–Crippen LogP) is 3.73. The fourth-order valence-corrected chi connectivity index (χ4v) is 4.14. The topological polar surface area (TPSA) is 73.8 Å². The van der Waals surface area contributed by atoms with Crippen molar-refractivity contribution in [2.75, 3.05) is 0 Å². The molecule has 0 aliphatic carbocycles. The highest BCUT2D eigenvalue weighted by Gasteiger charge is 2.16. The Balaban J connectivity index is 1.82. The quantitative estimate of drug-likeness (QED) is 0.495. The number of ketones is 1. The maximum absolute atomic E-state index is 12.0. The van der Waals surface area contributed by atoms with E-state index in [4.69, 9.17) is 4.42 Å². The number of tetrazole rings is 1. The van der Waals surface area contributed by atoms with Crippen molar-refractivity contribution in [2.45, 2.75) is 45.1 Å². The van der Waals surface area contributed by atoms with Gasteiger partial charge in [0.25, 0.3) is 0 Å². The van der Waals surface area contributed by atoms with Gasteiger partial charge in [-0.15, -0.1) is 5.10 Å². The number of hydrogen-bond acceptors (Lipinski definition) is 6. The smallest absolute Gasteiger partial charge is 0.210 e. The molecule has 2 heterocycles. The van der Waals surface area contributed by atoms with Crippen LogP contribution in [0.2, 0.25) is 0 Å². The van der Waals surface area contributed by atoms with E-state index in [1.807, 2.05) is 26.0 Å². The van der Waals surface area contributed by atoms with Crippen molar-refractivity contribution in [3.63, 3.8) is 0 Å². The van der Waals surface area contributed by atoms with Gasteiger partial charge in [0.15, 0.2) is 5.78 Å². The number of rotatable bonds is 6. The summed E-state index contributed by atoms with van der Waals surface area (Å²) >= 11 is 1.56. The fraction of sp³-hybridized carbons (Fsp3) is 0.333. The first-order valence-corrected chi connectivity index (χ1v) is 8.98. The number of thioether (sulfide) groups is 1. The second-order valence-corrected chi connectivity index (χ2v) is 6.97. The first kappa shape index (κ1) is 17.4. The van der Waals surface area contributed by atoms with Crippen molar-refractivity contribution >= 4 is 17.5 Å². The highest BCUT2D eigenvalue weighted by Crippen LogP contribution is 2.29. The van der Waals surface area contributed by atoms with Gasteiger partial charge in [-0.1, -0.05) is 17.8 Å². The molecular weight excluding hydrogens is 336 g/mol. The Morgan fingerprint density at radius 3 is 2.76 bits per heavy atom. The number of nitrogens with zero attached hydrogens (tertiary/aromatic N) is 4. The van der Waals surface area contributed by atoms with Gasteiger partial charge < -0.3 is 4.42 Å². The minimum Gasteiger partial charge on any atom is -0.467 e. The maximum atomic E-state index is 12.0. The third-order valence-electron chi connectivity index (χ3n) is 4.21. The lowest BCUT2D eigenvalue weighted by Gasteiger charge is -2.15. The van der Waals surface area contributed by atoms with E-state index < -0.39 is 0 Å². The second-order valence-electron chi connectivity index (χ2n) is 6.03. The van der Waals surface area contributed by atoms with Gasteiger partial charge in [0, 0.05) is 11.3 Å². The van der Waals surface area contributed by atoms with Crippen LogP contribution in [0, 0.1) is 20.8 Å². The molecule has 0 aliphatic heterocycles. The number of benzene rings is 1. The zero-order valence-corrected chi connectivity index (χ0v) is 15.6. The summed E-state index contributed by atoms with van der Waals surface area (Å²) < 4.78 is 7.07. The zero-order valence-electron chi connectivity index (χ0n) is 14.7. The van der Waals surface area contributed by atoms with Gasteiger partial charge in [0.1, 0.15) is 12.3 Å². The predicted molar refractivity (Wildman–Crippen MR) is 95.8 cm³/mol. The molecule has 0 atom stereocenters. The summed E-state index contributed by atoms with van der Waals surface area (Å²) in [5, 5.41) is 12.6.